The summed E-state index contributed by atoms with van der Waals surface area (Å²) in [6, 6.07) is 6.39. The third-order valence-corrected chi connectivity index (χ3v) is 2.90. The lowest BCUT2D eigenvalue weighted by molar-refractivity contribution is -0.115. The fourth-order valence-electron chi connectivity index (χ4n) is 1.68. The van der Waals surface area contributed by atoms with E-state index in [1.165, 1.54) is 12.1 Å². The zero-order valence-corrected chi connectivity index (χ0v) is 11.1. The second-order valence-corrected chi connectivity index (χ2v) is 4.66. The predicted octanol–water partition coefficient (Wildman–Crippen LogP) is 2.93. The standard InChI is InChI=1S/C14H13ClN2O2/c1-9-4-11(8-16-7-9)17-14(19)5-10-2-3-12(18)6-13(10)15/h2-4,6-8,18H,5H2,1H3,(H,17,19). The number of phenols is 1. The van der Waals surface area contributed by atoms with E-state index in [0.29, 0.717) is 16.3 Å². The molecule has 2 aromatic rings. The van der Waals surface area contributed by atoms with Crippen LogP contribution in [-0.2, 0) is 11.2 Å². The fourth-order valence-corrected chi connectivity index (χ4v) is 1.92. The van der Waals surface area contributed by atoms with Crippen LogP contribution in [0.5, 0.6) is 5.75 Å². The van der Waals surface area contributed by atoms with Crippen molar-refractivity contribution in [1.82, 2.24) is 4.98 Å². The summed E-state index contributed by atoms with van der Waals surface area (Å²) in [6.07, 6.45) is 3.45. The lowest BCUT2D eigenvalue weighted by Crippen LogP contribution is -2.14. The molecule has 0 radical (unpaired) electrons. The summed E-state index contributed by atoms with van der Waals surface area (Å²) >= 11 is 5.95. The highest BCUT2D eigenvalue weighted by Crippen LogP contribution is 2.22. The zero-order chi connectivity index (χ0) is 13.8. The van der Waals surface area contributed by atoms with Crippen molar-refractivity contribution in [2.24, 2.45) is 0 Å². The lowest BCUT2D eigenvalue weighted by Gasteiger charge is -2.07. The van der Waals surface area contributed by atoms with E-state index in [-0.39, 0.29) is 18.1 Å². The monoisotopic (exact) mass is 276 g/mol. The molecule has 0 atom stereocenters. The molecular formula is C14H13ClN2O2. The summed E-state index contributed by atoms with van der Waals surface area (Å²) in [4.78, 5) is 15.9. The van der Waals surface area contributed by atoms with Gasteiger partial charge < -0.3 is 10.4 Å². The van der Waals surface area contributed by atoms with Crippen molar-refractivity contribution in [2.45, 2.75) is 13.3 Å². The Labute approximate surface area is 116 Å². The van der Waals surface area contributed by atoms with Gasteiger partial charge in [-0.3, -0.25) is 9.78 Å². The molecule has 0 aliphatic carbocycles. The molecule has 0 unspecified atom stereocenters. The molecule has 0 spiro atoms. The number of nitrogens with one attached hydrogen (secondary N) is 1. The van der Waals surface area contributed by atoms with Gasteiger partial charge >= 0.3 is 0 Å². The van der Waals surface area contributed by atoms with Crippen molar-refractivity contribution in [1.29, 1.82) is 0 Å². The largest absolute Gasteiger partial charge is 0.508 e. The fraction of sp³-hybridized carbons (Fsp3) is 0.143. The second-order valence-electron chi connectivity index (χ2n) is 4.25. The van der Waals surface area contributed by atoms with E-state index in [0.717, 1.165) is 5.56 Å². The minimum absolute atomic E-state index is 0.0806. The number of rotatable bonds is 3. The maximum absolute atomic E-state index is 11.9. The highest BCUT2D eigenvalue weighted by atomic mass is 35.5. The Morgan fingerprint density at radius 2 is 2.16 bits per heavy atom. The first kappa shape index (κ1) is 13.4. The van der Waals surface area contributed by atoms with Crippen LogP contribution in [0, 0.1) is 6.92 Å². The Kier molecular flexibility index (Phi) is 4.02. The van der Waals surface area contributed by atoms with Gasteiger partial charge in [-0.15, -0.1) is 0 Å². The zero-order valence-electron chi connectivity index (χ0n) is 10.4. The molecule has 0 bridgehead atoms. The first-order valence-electron chi connectivity index (χ1n) is 5.73. The van der Waals surface area contributed by atoms with Crippen LogP contribution in [0.1, 0.15) is 11.1 Å². The van der Waals surface area contributed by atoms with E-state index in [4.69, 9.17) is 11.6 Å². The first-order chi connectivity index (χ1) is 9.04. The molecule has 1 aromatic heterocycles. The molecule has 5 heteroatoms. The number of benzene rings is 1. The second kappa shape index (κ2) is 5.71. The molecule has 0 aliphatic heterocycles. The molecule has 2 rings (SSSR count). The SMILES string of the molecule is Cc1cncc(NC(=O)Cc2ccc(O)cc2Cl)c1. The average Bonchev–Trinajstić information content (AvgIpc) is 2.33. The van der Waals surface area contributed by atoms with Gasteiger partial charge in [-0.1, -0.05) is 17.7 Å². The van der Waals surface area contributed by atoms with Crippen molar-refractivity contribution in [2.75, 3.05) is 5.32 Å². The first-order valence-corrected chi connectivity index (χ1v) is 6.11. The van der Waals surface area contributed by atoms with Gasteiger partial charge in [-0.05, 0) is 36.2 Å². The minimum Gasteiger partial charge on any atom is -0.508 e. The molecule has 1 aromatic carbocycles. The quantitative estimate of drug-likeness (QED) is 0.906. The van der Waals surface area contributed by atoms with Gasteiger partial charge in [0.15, 0.2) is 0 Å². The number of amides is 1. The highest BCUT2D eigenvalue weighted by molar-refractivity contribution is 6.31. The summed E-state index contributed by atoms with van der Waals surface area (Å²) in [5, 5.41) is 12.4. The summed E-state index contributed by atoms with van der Waals surface area (Å²) < 4.78 is 0. The third kappa shape index (κ3) is 3.69. The van der Waals surface area contributed by atoms with Crippen LogP contribution in [0.4, 0.5) is 5.69 Å². The van der Waals surface area contributed by atoms with E-state index in [9.17, 15) is 9.90 Å². The average molecular weight is 277 g/mol. The summed E-state index contributed by atoms with van der Waals surface area (Å²) in [6.45, 7) is 1.90. The van der Waals surface area contributed by atoms with Gasteiger partial charge in [0.05, 0.1) is 18.3 Å². The number of pyridine rings is 1. The Morgan fingerprint density at radius 1 is 1.37 bits per heavy atom. The number of hydrogen-bond donors (Lipinski definition) is 2. The van der Waals surface area contributed by atoms with E-state index in [2.05, 4.69) is 10.3 Å². The number of phenolic OH excluding ortho intramolecular Hbond substituents is 1. The van der Waals surface area contributed by atoms with Gasteiger partial charge in [0, 0.05) is 11.2 Å². The van der Waals surface area contributed by atoms with Crippen molar-refractivity contribution < 1.29 is 9.90 Å². The molecule has 1 heterocycles. The molecular weight excluding hydrogens is 264 g/mol. The number of aromatic hydroxyl groups is 1. The third-order valence-electron chi connectivity index (χ3n) is 2.55. The number of carbonyl (C=O) groups is 1. The van der Waals surface area contributed by atoms with Crippen LogP contribution in [0.25, 0.3) is 0 Å². The topological polar surface area (TPSA) is 62.2 Å². The molecule has 0 fully saturated rings. The number of carbonyl (C=O) groups excluding carboxylic acids is 1. The number of aryl methyl sites for hydroxylation is 1. The number of halogens is 1. The maximum Gasteiger partial charge on any atom is 0.228 e. The Hall–Kier alpha value is -2.07. The smallest absolute Gasteiger partial charge is 0.228 e. The number of anilines is 1. The molecule has 2 N–H and O–H groups in total. The molecule has 1 amide bonds. The molecule has 4 nitrogen and oxygen atoms in total. The Balaban J connectivity index is 2.05. The lowest BCUT2D eigenvalue weighted by atomic mass is 10.1. The Morgan fingerprint density at radius 3 is 2.84 bits per heavy atom. The van der Waals surface area contributed by atoms with Gasteiger partial charge in [0.25, 0.3) is 0 Å². The van der Waals surface area contributed by atoms with Crippen LogP contribution in [-0.4, -0.2) is 16.0 Å². The van der Waals surface area contributed by atoms with Gasteiger partial charge in [-0.25, -0.2) is 0 Å². The van der Waals surface area contributed by atoms with E-state index in [1.54, 1.807) is 18.5 Å². The minimum atomic E-state index is -0.181. The van der Waals surface area contributed by atoms with Crippen molar-refractivity contribution in [3.8, 4) is 5.75 Å². The molecule has 0 aliphatic rings. The number of nitrogens with zero attached hydrogens (tertiary/aromatic N) is 1. The van der Waals surface area contributed by atoms with Gasteiger partial charge in [0.2, 0.25) is 5.91 Å². The van der Waals surface area contributed by atoms with Gasteiger partial charge in [0.1, 0.15) is 5.75 Å². The highest BCUT2D eigenvalue weighted by Gasteiger charge is 2.08. The van der Waals surface area contributed by atoms with E-state index < -0.39 is 0 Å². The van der Waals surface area contributed by atoms with Crippen LogP contribution < -0.4 is 5.32 Å². The van der Waals surface area contributed by atoms with Crippen LogP contribution in [0.2, 0.25) is 5.02 Å². The van der Waals surface area contributed by atoms with Crippen molar-refractivity contribution in [3.05, 3.63) is 52.8 Å². The molecule has 19 heavy (non-hydrogen) atoms. The van der Waals surface area contributed by atoms with Crippen LogP contribution in [0.3, 0.4) is 0 Å². The van der Waals surface area contributed by atoms with E-state index in [1.807, 2.05) is 13.0 Å². The summed E-state index contributed by atoms with van der Waals surface area (Å²) in [5.74, 6) is -0.1000. The summed E-state index contributed by atoms with van der Waals surface area (Å²) in [5.41, 5.74) is 2.29. The number of aromatic nitrogens is 1. The predicted molar refractivity (Wildman–Crippen MR) is 74.4 cm³/mol. The summed E-state index contributed by atoms with van der Waals surface area (Å²) in [7, 11) is 0. The molecule has 98 valence electrons. The van der Waals surface area contributed by atoms with Crippen LogP contribution >= 0.6 is 11.6 Å². The molecule has 0 saturated carbocycles. The molecule has 0 saturated heterocycles. The van der Waals surface area contributed by atoms with Crippen molar-refractivity contribution in [3.63, 3.8) is 0 Å². The Bertz CT molecular complexity index is 614. The normalized spacial score (nSPS) is 10.2. The van der Waals surface area contributed by atoms with Gasteiger partial charge in [-0.2, -0.15) is 0 Å². The maximum atomic E-state index is 11.9. The van der Waals surface area contributed by atoms with E-state index >= 15 is 0 Å². The van der Waals surface area contributed by atoms with Crippen LogP contribution in [0.15, 0.2) is 36.7 Å². The number of hydrogen-bond acceptors (Lipinski definition) is 3. The van der Waals surface area contributed by atoms with Crippen molar-refractivity contribution >= 4 is 23.2 Å².